The first-order chi connectivity index (χ1) is 11.1. The molecule has 1 fully saturated rings. The molecule has 0 radical (unpaired) electrons. The van der Waals surface area contributed by atoms with Crippen LogP contribution in [0.1, 0.15) is 28.5 Å². The van der Waals surface area contributed by atoms with Crippen LogP contribution in [0.4, 0.5) is 0 Å². The van der Waals surface area contributed by atoms with Crippen LogP contribution in [0.3, 0.4) is 0 Å². The van der Waals surface area contributed by atoms with E-state index in [2.05, 4.69) is 10.3 Å². The first-order valence-corrected chi connectivity index (χ1v) is 8.14. The van der Waals surface area contributed by atoms with Crippen molar-refractivity contribution in [3.05, 3.63) is 45.7 Å². The minimum absolute atomic E-state index is 0.0168. The van der Waals surface area contributed by atoms with Gasteiger partial charge in [0.25, 0.3) is 5.91 Å². The maximum atomic E-state index is 12.8. The Bertz CT molecular complexity index is 764. The molecule has 8 heteroatoms. The van der Waals surface area contributed by atoms with Crippen LogP contribution in [0.5, 0.6) is 0 Å². The Balaban J connectivity index is 1.60. The zero-order chi connectivity index (χ0) is 16.0. The van der Waals surface area contributed by atoms with Gasteiger partial charge in [-0.05, 0) is 18.6 Å². The van der Waals surface area contributed by atoms with Crippen molar-refractivity contribution < 1.29 is 9.53 Å². The molecule has 1 amide bonds. The number of hydrogen-bond acceptors (Lipinski definition) is 4. The molecule has 0 unspecified atom stereocenters. The standard InChI is InChI=1S/C15H14Cl2N4O2/c16-11-3-1-2-10(14(11)17)15(22)20-5-4-13-12(7-20)21-9(8-23-13)6-18-19-21/h1-3,6,12-13H,4-5,7-8H2/t12-,13-/m0/s1. The van der Waals surface area contributed by atoms with Crippen LogP contribution in [-0.2, 0) is 11.3 Å². The maximum absolute atomic E-state index is 12.8. The van der Waals surface area contributed by atoms with Crippen molar-refractivity contribution in [2.75, 3.05) is 13.1 Å². The highest BCUT2D eigenvalue weighted by molar-refractivity contribution is 6.43. The normalized spacial score (nSPS) is 23.3. The lowest BCUT2D eigenvalue weighted by Crippen LogP contribution is -2.50. The number of hydrogen-bond donors (Lipinski definition) is 0. The Hall–Kier alpha value is -1.63. The van der Waals surface area contributed by atoms with E-state index in [1.54, 1.807) is 29.3 Å². The first kappa shape index (κ1) is 14.9. The van der Waals surface area contributed by atoms with Crippen LogP contribution in [0.15, 0.2) is 24.4 Å². The van der Waals surface area contributed by atoms with Gasteiger partial charge in [-0.2, -0.15) is 0 Å². The van der Waals surface area contributed by atoms with E-state index < -0.39 is 0 Å². The summed E-state index contributed by atoms with van der Waals surface area (Å²) in [6.45, 7) is 1.65. The highest BCUT2D eigenvalue weighted by Gasteiger charge is 2.38. The lowest BCUT2D eigenvalue weighted by molar-refractivity contribution is -0.0605. The molecule has 6 nitrogen and oxygen atoms in total. The molecular formula is C15H14Cl2N4O2. The largest absolute Gasteiger partial charge is 0.370 e. The fourth-order valence-corrected chi connectivity index (χ4v) is 3.58. The summed E-state index contributed by atoms with van der Waals surface area (Å²) < 4.78 is 7.73. The number of rotatable bonds is 1. The summed E-state index contributed by atoms with van der Waals surface area (Å²) in [5, 5.41) is 8.76. The van der Waals surface area contributed by atoms with Gasteiger partial charge in [0.1, 0.15) is 0 Å². The van der Waals surface area contributed by atoms with Gasteiger partial charge in [0.15, 0.2) is 0 Å². The Morgan fingerprint density at radius 2 is 2.22 bits per heavy atom. The van der Waals surface area contributed by atoms with Crippen molar-refractivity contribution in [3.63, 3.8) is 0 Å². The highest BCUT2D eigenvalue weighted by atomic mass is 35.5. The smallest absolute Gasteiger partial charge is 0.255 e. The summed E-state index contributed by atoms with van der Waals surface area (Å²) in [5.74, 6) is -0.122. The predicted octanol–water partition coefficient (Wildman–Crippen LogP) is 2.57. The van der Waals surface area contributed by atoms with Crippen molar-refractivity contribution in [2.45, 2.75) is 25.2 Å². The molecule has 0 N–H and O–H groups in total. The third kappa shape index (κ3) is 2.51. The molecule has 1 aromatic carbocycles. The quantitative estimate of drug-likeness (QED) is 0.791. The van der Waals surface area contributed by atoms with Gasteiger partial charge in [0, 0.05) is 13.1 Å². The van der Waals surface area contributed by atoms with E-state index in [0.717, 1.165) is 12.1 Å². The molecule has 0 aliphatic carbocycles. The van der Waals surface area contributed by atoms with Crippen LogP contribution in [0.2, 0.25) is 10.0 Å². The van der Waals surface area contributed by atoms with Gasteiger partial charge in [-0.1, -0.05) is 34.5 Å². The molecular weight excluding hydrogens is 339 g/mol. The number of aromatic nitrogens is 3. The van der Waals surface area contributed by atoms with Crippen LogP contribution in [0, 0.1) is 0 Å². The van der Waals surface area contributed by atoms with Gasteiger partial charge in [-0.15, -0.1) is 5.10 Å². The Kier molecular flexibility index (Phi) is 3.75. The van der Waals surface area contributed by atoms with E-state index in [4.69, 9.17) is 27.9 Å². The second kappa shape index (κ2) is 5.78. The number of ether oxygens (including phenoxy) is 1. The average molecular weight is 353 g/mol. The summed E-state index contributed by atoms with van der Waals surface area (Å²) in [6.07, 6.45) is 2.52. The Morgan fingerprint density at radius 3 is 3.09 bits per heavy atom. The van der Waals surface area contributed by atoms with Gasteiger partial charge in [-0.3, -0.25) is 4.79 Å². The van der Waals surface area contributed by atoms with Gasteiger partial charge in [0.05, 0.1) is 46.3 Å². The minimum Gasteiger partial charge on any atom is -0.370 e. The average Bonchev–Trinajstić information content (AvgIpc) is 3.05. The lowest BCUT2D eigenvalue weighted by atomic mass is 9.99. The number of benzene rings is 1. The molecule has 0 saturated carbocycles. The van der Waals surface area contributed by atoms with E-state index in [0.29, 0.717) is 35.3 Å². The SMILES string of the molecule is O=C(c1cccc(Cl)c1Cl)N1CC[C@@H]2OCc3cnnn3[C@H]2C1. The zero-order valence-electron chi connectivity index (χ0n) is 12.2. The van der Waals surface area contributed by atoms with Crippen molar-refractivity contribution >= 4 is 29.1 Å². The van der Waals surface area contributed by atoms with E-state index in [-0.39, 0.29) is 18.1 Å². The van der Waals surface area contributed by atoms with E-state index in [1.165, 1.54) is 0 Å². The van der Waals surface area contributed by atoms with Crippen LogP contribution < -0.4 is 0 Å². The van der Waals surface area contributed by atoms with Crippen molar-refractivity contribution in [1.82, 2.24) is 19.9 Å². The third-order valence-electron chi connectivity index (χ3n) is 4.40. The van der Waals surface area contributed by atoms with Gasteiger partial charge in [0.2, 0.25) is 0 Å². The summed E-state index contributed by atoms with van der Waals surface area (Å²) >= 11 is 12.2. The molecule has 3 heterocycles. The molecule has 0 spiro atoms. The minimum atomic E-state index is -0.122. The summed E-state index contributed by atoms with van der Waals surface area (Å²) in [6, 6.07) is 5.08. The third-order valence-corrected chi connectivity index (χ3v) is 5.22. The summed E-state index contributed by atoms with van der Waals surface area (Å²) in [7, 11) is 0. The number of carbonyl (C=O) groups excluding carboxylic acids is 1. The number of fused-ring (bicyclic) bond motifs is 3. The number of halogens is 2. The van der Waals surface area contributed by atoms with Gasteiger partial charge < -0.3 is 9.64 Å². The second-order valence-electron chi connectivity index (χ2n) is 5.73. The van der Waals surface area contributed by atoms with Gasteiger partial charge >= 0.3 is 0 Å². The van der Waals surface area contributed by atoms with Crippen molar-refractivity contribution in [2.24, 2.45) is 0 Å². The Morgan fingerprint density at radius 1 is 1.35 bits per heavy atom. The van der Waals surface area contributed by atoms with Gasteiger partial charge in [-0.25, -0.2) is 4.68 Å². The molecule has 120 valence electrons. The summed E-state index contributed by atoms with van der Waals surface area (Å²) in [4.78, 5) is 14.6. The number of carbonyl (C=O) groups is 1. The topological polar surface area (TPSA) is 60.3 Å². The second-order valence-corrected chi connectivity index (χ2v) is 6.51. The molecule has 1 saturated heterocycles. The zero-order valence-corrected chi connectivity index (χ0v) is 13.7. The molecule has 2 atom stereocenters. The van der Waals surface area contributed by atoms with E-state index in [9.17, 15) is 4.79 Å². The molecule has 2 aliphatic heterocycles. The number of amides is 1. The lowest BCUT2D eigenvalue weighted by Gasteiger charge is -2.41. The monoisotopic (exact) mass is 352 g/mol. The highest BCUT2D eigenvalue weighted by Crippen LogP contribution is 2.32. The van der Waals surface area contributed by atoms with Crippen LogP contribution in [-0.4, -0.2) is 45.0 Å². The molecule has 0 bridgehead atoms. The molecule has 1 aromatic heterocycles. The number of nitrogens with zero attached hydrogens (tertiary/aromatic N) is 4. The first-order valence-electron chi connectivity index (χ1n) is 7.39. The Labute approximate surface area is 142 Å². The predicted molar refractivity (Wildman–Crippen MR) is 84.6 cm³/mol. The van der Waals surface area contributed by atoms with E-state index >= 15 is 0 Å². The number of likely N-dealkylation sites (tertiary alicyclic amines) is 1. The molecule has 2 aliphatic rings. The van der Waals surface area contributed by atoms with Crippen LogP contribution in [0.25, 0.3) is 0 Å². The van der Waals surface area contributed by atoms with Crippen molar-refractivity contribution in [3.8, 4) is 0 Å². The fourth-order valence-electron chi connectivity index (χ4n) is 3.20. The fraction of sp³-hybridized carbons (Fsp3) is 0.400. The number of piperidine rings is 1. The van der Waals surface area contributed by atoms with Crippen molar-refractivity contribution in [1.29, 1.82) is 0 Å². The summed E-state index contributed by atoms with van der Waals surface area (Å²) in [5.41, 5.74) is 1.36. The molecule has 2 aromatic rings. The van der Waals surface area contributed by atoms with E-state index in [1.807, 2.05) is 4.68 Å². The maximum Gasteiger partial charge on any atom is 0.255 e. The molecule has 4 rings (SSSR count). The molecule has 23 heavy (non-hydrogen) atoms. The van der Waals surface area contributed by atoms with Crippen LogP contribution >= 0.6 is 23.2 Å².